The van der Waals surface area contributed by atoms with Gasteiger partial charge in [0.2, 0.25) is 5.91 Å². The minimum atomic E-state index is -0.814. The summed E-state index contributed by atoms with van der Waals surface area (Å²) < 4.78 is 2.20. The Morgan fingerprint density at radius 2 is 1.83 bits per heavy atom. The molecule has 3 aliphatic carbocycles. The number of carbonyl (C=O) groups is 1. The van der Waals surface area contributed by atoms with Crippen molar-refractivity contribution in [2.24, 2.45) is 42.1 Å². The molecule has 1 aromatic heterocycles. The highest BCUT2D eigenvalue weighted by Gasteiger charge is 2.57. The molecule has 48 heavy (non-hydrogen) atoms. The van der Waals surface area contributed by atoms with E-state index in [1.807, 2.05) is 0 Å². The van der Waals surface area contributed by atoms with Crippen LogP contribution in [-0.2, 0) is 36.3 Å². The number of likely N-dealkylation sites (N-methyl/N-ethyl adjacent to an activating group) is 1. The second kappa shape index (κ2) is 15.3. The molecule has 1 aromatic carbocycles. The summed E-state index contributed by atoms with van der Waals surface area (Å²) in [6.07, 6.45) is 3.98. The third-order valence-electron chi connectivity index (χ3n) is 12.0. The van der Waals surface area contributed by atoms with Crippen LogP contribution in [0.5, 0.6) is 0 Å². The van der Waals surface area contributed by atoms with Gasteiger partial charge in [-0.05, 0) is 92.6 Å². The van der Waals surface area contributed by atoms with Crippen LogP contribution >= 0.6 is 0 Å². The fraction of sp³-hybridized carbons (Fsp3) is 0.718. The highest BCUT2D eigenvalue weighted by Crippen LogP contribution is 2.61. The predicted molar refractivity (Wildman–Crippen MR) is 190 cm³/mol. The number of aliphatic hydroxyl groups is 2. The average Bonchev–Trinajstić information content (AvgIpc) is 3.59. The summed E-state index contributed by atoms with van der Waals surface area (Å²) in [7, 11) is 6.41. The number of hydrogen-bond donors (Lipinski definition) is 3. The zero-order chi connectivity index (χ0) is 34.9. The number of aromatic nitrogens is 1. The molecular formula is C39H63N5O4. The Labute approximate surface area is 289 Å². The third kappa shape index (κ3) is 8.03. The number of carbonyl (C=O) groups excluding carboxylic acids is 1. The van der Waals surface area contributed by atoms with Crippen molar-refractivity contribution in [2.45, 2.75) is 111 Å². The summed E-state index contributed by atoms with van der Waals surface area (Å²) in [6.45, 7) is 16.0. The van der Waals surface area contributed by atoms with Crippen molar-refractivity contribution in [3.05, 3.63) is 59.4 Å². The minimum Gasteiger partial charge on any atom is -0.394 e. The Balaban J connectivity index is 1.35. The monoisotopic (exact) mass is 665 g/mol. The average molecular weight is 666 g/mol. The zero-order valence-electron chi connectivity index (χ0n) is 31.0. The maximum Gasteiger partial charge on any atom is 0.240 e. The van der Waals surface area contributed by atoms with Gasteiger partial charge in [-0.15, -0.1) is 0 Å². The molecule has 3 saturated carbocycles. The van der Waals surface area contributed by atoms with Crippen molar-refractivity contribution >= 4 is 5.91 Å². The molecule has 268 valence electrons. The van der Waals surface area contributed by atoms with Gasteiger partial charge in [0.25, 0.3) is 0 Å². The van der Waals surface area contributed by atoms with Crippen LogP contribution < -0.4 is 5.32 Å². The first-order valence-electron chi connectivity index (χ1n) is 18.3. The van der Waals surface area contributed by atoms with Gasteiger partial charge >= 0.3 is 0 Å². The van der Waals surface area contributed by atoms with Gasteiger partial charge < -0.3 is 25.0 Å². The van der Waals surface area contributed by atoms with Gasteiger partial charge in [0.15, 0.2) is 0 Å². The first-order valence-corrected chi connectivity index (χ1v) is 18.3. The molecule has 2 heterocycles. The molecule has 2 aromatic rings. The van der Waals surface area contributed by atoms with E-state index in [2.05, 4.69) is 118 Å². The van der Waals surface area contributed by atoms with E-state index in [-0.39, 0.29) is 18.6 Å². The number of benzene rings is 1. The molecule has 4 fully saturated rings. The molecule has 1 amide bonds. The van der Waals surface area contributed by atoms with E-state index in [0.29, 0.717) is 41.7 Å². The number of nitrogens with zero attached hydrogens (tertiary/aromatic N) is 4. The van der Waals surface area contributed by atoms with Crippen LogP contribution in [0, 0.1) is 35.0 Å². The van der Waals surface area contributed by atoms with E-state index in [9.17, 15) is 15.0 Å². The lowest BCUT2D eigenvalue weighted by Crippen LogP contribution is -2.62. The summed E-state index contributed by atoms with van der Waals surface area (Å²) in [5.41, 5.74) is 3.85. The molecule has 1 unspecified atom stereocenters. The molecule has 9 nitrogen and oxygen atoms in total. The van der Waals surface area contributed by atoms with E-state index >= 15 is 0 Å². The Bertz CT molecular complexity index is 1350. The second-order valence-corrected chi connectivity index (χ2v) is 16.6. The molecule has 1 saturated heterocycles. The molecule has 2 bridgehead atoms. The Morgan fingerprint density at radius 3 is 2.42 bits per heavy atom. The molecular weight excluding hydrogens is 602 g/mol. The fourth-order valence-corrected chi connectivity index (χ4v) is 9.21. The van der Waals surface area contributed by atoms with Gasteiger partial charge in [-0.25, -0.2) is 0 Å². The highest BCUT2D eigenvalue weighted by atomic mass is 16.7. The SMILES string of the molecule is CC(C)C[C@@H](CN(C)C)N(Cc1cccc(CN2OC(CO)[C@@H]([C@H](C)O)[C@H]2C(=O)N[C@H]2C[C@H]3C[C@@H]([C@@H]2C)C3(C)C)c1)Cc1cccn1C. The third-order valence-corrected chi connectivity index (χ3v) is 12.0. The molecule has 6 rings (SSSR count). The number of nitrogens with one attached hydrogen (secondary N) is 1. The zero-order valence-corrected chi connectivity index (χ0v) is 31.0. The summed E-state index contributed by atoms with van der Waals surface area (Å²) in [6, 6.07) is 12.7. The predicted octanol–water partition coefficient (Wildman–Crippen LogP) is 4.66. The second-order valence-electron chi connectivity index (χ2n) is 16.6. The normalized spacial score (nSPS) is 29.8. The summed E-state index contributed by atoms with van der Waals surface area (Å²) in [5, 5.41) is 26.3. The molecule has 9 heteroatoms. The fourth-order valence-electron chi connectivity index (χ4n) is 9.21. The lowest BCUT2D eigenvalue weighted by atomic mass is 9.45. The molecule has 3 N–H and O–H groups in total. The number of fused-ring (bicyclic) bond motifs is 2. The lowest BCUT2D eigenvalue weighted by Gasteiger charge is -2.62. The van der Waals surface area contributed by atoms with Crippen LogP contribution in [0.3, 0.4) is 0 Å². The van der Waals surface area contributed by atoms with Gasteiger partial charge in [-0.1, -0.05) is 58.9 Å². The van der Waals surface area contributed by atoms with Crippen molar-refractivity contribution in [1.82, 2.24) is 24.7 Å². The molecule has 1 aliphatic heterocycles. The van der Waals surface area contributed by atoms with Crippen molar-refractivity contribution < 1.29 is 19.8 Å². The van der Waals surface area contributed by atoms with Gasteiger partial charge in [-0.2, -0.15) is 5.06 Å². The van der Waals surface area contributed by atoms with Crippen molar-refractivity contribution in [3.8, 4) is 0 Å². The Kier molecular flexibility index (Phi) is 11.8. The quantitative estimate of drug-likeness (QED) is 0.255. The van der Waals surface area contributed by atoms with Crippen LogP contribution in [0.25, 0.3) is 0 Å². The number of hydroxylamine groups is 2. The minimum absolute atomic E-state index is 0.110. The summed E-state index contributed by atoms with van der Waals surface area (Å²) >= 11 is 0. The van der Waals surface area contributed by atoms with Crippen LogP contribution in [0.4, 0.5) is 0 Å². The van der Waals surface area contributed by atoms with Crippen LogP contribution in [-0.4, -0.2) is 93.1 Å². The smallest absolute Gasteiger partial charge is 0.240 e. The number of hydrogen-bond acceptors (Lipinski definition) is 7. The standard InChI is InChI=1S/C39H63N5O4/c1-25(2)16-32(22-41(7)8)43(23-31-14-11-15-42(31)9)20-28-12-10-13-29(17-28)21-44-37(36(27(4)46)35(24-45)48-44)38(47)40-34-19-30-18-33(26(34)3)39(30,5)6/h10-15,17,25-27,30,32-37,45-46H,16,18-24H2,1-9H3,(H,40,47)/t26-,27-,30+,32-,33-,34-,35?,36+,37-/m0/s1. The van der Waals surface area contributed by atoms with Gasteiger partial charge in [0, 0.05) is 56.6 Å². The van der Waals surface area contributed by atoms with Gasteiger partial charge in [0.1, 0.15) is 12.1 Å². The number of rotatable bonds is 15. The lowest BCUT2D eigenvalue weighted by molar-refractivity contribution is -0.183. The molecule has 0 radical (unpaired) electrons. The topological polar surface area (TPSA) is 93.4 Å². The maximum absolute atomic E-state index is 14.1. The maximum atomic E-state index is 14.1. The van der Waals surface area contributed by atoms with E-state index in [1.54, 1.807) is 12.0 Å². The summed E-state index contributed by atoms with van der Waals surface area (Å²) in [4.78, 5) is 25.3. The van der Waals surface area contributed by atoms with Crippen molar-refractivity contribution in [2.75, 3.05) is 27.2 Å². The molecule has 4 aliphatic rings. The largest absolute Gasteiger partial charge is 0.394 e. The van der Waals surface area contributed by atoms with E-state index in [0.717, 1.165) is 38.0 Å². The Hall–Kier alpha value is -2.27. The van der Waals surface area contributed by atoms with Gasteiger partial charge in [-0.3, -0.25) is 14.5 Å². The number of aliphatic hydroxyl groups excluding tert-OH is 2. The number of aryl methyl sites for hydroxylation is 1. The Morgan fingerprint density at radius 1 is 1.10 bits per heavy atom. The van der Waals surface area contributed by atoms with Crippen LogP contribution in [0.1, 0.15) is 77.6 Å². The van der Waals surface area contributed by atoms with Gasteiger partial charge in [0.05, 0.1) is 19.3 Å². The van der Waals surface area contributed by atoms with Crippen LogP contribution in [0.15, 0.2) is 42.6 Å². The molecule has 0 spiro atoms. The van der Waals surface area contributed by atoms with E-state index in [1.165, 1.54) is 17.7 Å². The first kappa shape index (κ1) is 37.0. The highest BCUT2D eigenvalue weighted by molar-refractivity contribution is 5.82. The summed E-state index contributed by atoms with van der Waals surface area (Å²) in [5.74, 6) is 1.55. The first-order chi connectivity index (χ1) is 22.7. The van der Waals surface area contributed by atoms with Crippen molar-refractivity contribution in [1.29, 1.82) is 0 Å². The molecule has 9 atom stereocenters. The van der Waals surface area contributed by atoms with E-state index < -0.39 is 24.2 Å². The number of amides is 1. The van der Waals surface area contributed by atoms with Crippen molar-refractivity contribution in [3.63, 3.8) is 0 Å². The van der Waals surface area contributed by atoms with E-state index in [4.69, 9.17) is 4.84 Å². The van der Waals surface area contributed by atoms with Crippen LogP contribution in [0.2, 0.25) is 0 Å².